The Labute approximate surface area is 83.2 Å². The number of nitrogens with zero attached hydrogens (tertiary/aromatic N) is 2. The van der Waals surface area contributed by atoms with E-state index in [0.717, 1.165) is 0 Å². The molecule has 14 heavy (non-hydrogen) atoms. The molecule has 1 aromatic rings. The lowest BCUT2D eigenvalue weighted by atomic mass is 10.2. The highest BCUT2D eigenvalue weighted by Gasteiger charge is 2.16. The monoisotopic (exact) mass is 194 g/mol. The van der Waals surface area contributed by atoms with Crippen molar-refractivity contribution in [1.29, 1.82) is 0 Å². The zero-order valence-corrected chi connectivity index (χ0v) is 8.34. The molecule has 1 amide bonds. The van der Waals surface area contributed by atoms with Crippen molar-refractivity contribution in [3.05, 3.63) is 30.1 Å². The first-order valence-corrected chi connectivity index (χ1v) is 4.45. The summed E-state index contributed by atoms with van der Waals surface area (Å²) in [5.41, 5.74) is 0.537. The Morgan fingerprint density at radius 3 is 2.93 bits per heavy atom. The molecule has 4 nitrogen and oxygen atoms in total. The van der Waals surface area contributed by atoms with Crippen LogP contribution in [0.2, 0.25) is 0 Å². The highest BCUT2D eigenvalue weighted by atomic mass is 16.3. The normalized spacial score (nSPS) is 12.2. The summed E-state index contributed by atoms with van der Waals surface area (Å²) in [5.74, 6) is -0.125. The zero-order valence-electron chi connectivity index (χ0n) is 8.34. The van der Waals surface area contributed by atoms with E-state index in [1.807, 2.05) is 0 Å². The van der Waals surface area contributed by atoms with Gasteiger partial charge < -0.3 is 10.0 Å². The van der Waals surface area contributed by atoms with Crippen LogP contribution in [-0.4, -0.2) is 40.6 Å². The highest BCUT2D eigenvalue weighted by Crippen LogP contribution is 2.04. The van der Waals surface area contributed by atoms with Gasteiger partial charge in [0.15, 0.2) is 0 Å². The van der Waals surface area contributed by atoms with Crippen LogP contribution >= 0.6 is 0 Å². The lowest BCUT2D eigenvalue weighted by Crippen LogP contribution is -2.37. The van der Waals surface area contributed by atoms with E-state index in [2.05, 4.69) is 4.98 Å². The fraction of sp³-hybridized carbons (Fsp3) is 0.400. The minimum Gasteiger partial charge on any atom is -0.394 e. The van der Waals surface area contributed by atoms with Crippen molar-refractivity contribution < 1.29 is 9.90 Å². The molecular weight excluding hydrogens is 180 g/mol. The number of rotatable bonds is 3. The van der Waals surface area contributed by atoms with Crippen LogP contribution in [0.3, 0.4) is 0 Å². The van der Waals surface area contributed by atoms with Gasteiger partial charge in [-0.1, -0.05) is 0 Å². The summed E-state index contributed by atoms with van der Waals surface area (Å²) in [6, 6.07) is 3.24. The molecule has 1 rings (SSSR count). The average molecular weight is 194 g/mol. The maximum absolute atomic E-state index is 11.7. The van der Waals surface area contributed by atoms with E-state index in [-0.39, 0.29) is 18.6 Å². The van der Waals surface area contributed by atoms with Crippen LogP contribution in [0.5, 0.6) is 0 Å². The van der Waals surface area contributed by atoms with Crippen molar-refractivity contribution in [2.75, 3.05) is 13.7 Å². The van der Waals surface area contributed by atoms with Gasteiger partial charge in [-0.3, -0.25) is 9.78 Å². The Hall–Kier alpha value is -1.42. The minimum absolute atomic E-state index is 0.0392. The molecule has 0 bridgehead atoms. The van der Waals surface area contributed by atoms with Gasteiger partial charge in [-0.2, -0.15) is 0 Å². The second-order valence-corrected chi connectivity index (χ2v) is 3.19. The zero-order chi connectivity index (χ0) is 10.6. The van der Waals surface area contributed by atoms with Crippen LogP contribution in [0.25, 0.3) is 0 Å². The molecule has 1 atom stereocenters. The molecule has 0 saturated carbocycles. The number of pyridine rings is 1. The molecule has 1 heterocycles. The van der Waals surface area contributed by atoms with E-state index in [1.54, 1.807) is 32.3 Å². The molecule has 1 aromatic heterocycles. The Bertz CT molecular complexity index is 300. The topological polar surface area (TPSA) is 53.4 Å². The van der Waals surface area contributed by atoms with Crippen LogP contribution in [0.15, 0.2) is 24.5 Å². The Morgan fingerprint density at radius 2 is 2.43 bits per heavy atom. The SMILES string of the molecule is CC(CO)N(C)C(=O)c1cccnc1. The fourth-order valence-corrected chi connectivity index (χ4v) is 1.02. The van der Waals surface area contributed by atoms with Crippen LogP contribution in [0.1, 0.15) is 17.3 Å². The molecule has 0 spiro atoms. The summed E-state index contributed by atoms with van der Waals surface area (Å²) < 4.78 is 0. The number of amides is 1. The molecule has 1 N–H and O–H groups in total. The van der Waals surface area contributed by atoms with Gasteiger partial charge in [0.1, 0.15) is 0 Å². The number of aliphatic hydroxyl groups excluding tert-OH is 1. The molecule has 0 saturated heterocycles. The molecule has 0 aromatic carbocycles. The van der Waals surface area contributed by atoms with Gasteiger partial charge in [-0.25, -0.2) is 0 Å². The molecule has 76 valence electrons. The van der Waals surface area contributed by atoms with E-state index in [1.165, 1.54) is 11.1 Å². The number of aliphatic hydroxyl groups is 1. The molecule has 4 heteroatoms. The number of aromatic nitrogens is 1. The lowest BCUT2D eigenvalue weighted by molar-refractivity contribution is 0.0682. The first-order valence-electron chi connectivity index (χ1n) is 4.45. The van der Waals surface area contributed by atoms with Crippen molar-refractivity contribution >= 4 is 5.91 Å². The molecule has 0 radical (unpaired) electrons. The van der Waals surface area contributed by atoms with E-state index in [9.17, 15) is 4.79 Å². The van der Waals surface area contributed by atoms with Crippen molar-refractivity contribution in [3.8, 4) is 0 Å². The van der Waals surface area contributed by atoms with E-state index in [0.29, 0.717) is 5.56 Å². The van der Waals surface area contributed by atoms with Gasteiger partial charge in [0.05, 0.1) is 18.2 Å². The Balaban J connectivity index is 2.76. The maximum Gasteiger partial charge on any atom is 0.255 e. The third-order valence-corrected chi connectivity index (χ3v) is 2.15. The van der Waals surface area contributed by atoms with Gasteiger partial charge in [0, 0.05) is 19.4 Å². The molecule has 0 fully saturated rings. The smallest absolute Gasteiger partial charge is 0.255 e. The molecule has 0 aliphatic carbocycles. The van der Waals surface area contributed by atoms with Crippen molar-refractivity contribution in [2.24, 2.45) is 0 Å². The largest absolute Gasteiger partial charge is 0.394 e. The quantitative estimate of drug-likeness (QED) is 0.763. The van der Waals surface area contributed by atoms with Gasteiger partial charge in [-0.05, 0) is 19.1 Å². The summed E-state index contributed by atoms with van der Waals surface area (Å²) in [4.78, 5) is 17.1. The van der Waals surface area contributed by atoms with Gasteiger partial charge in [-0.15, -0.1) is 0 Å². The predicted molar refractivity (Wildman–Crippen MR) is 52.9 cm³/mol. The molecule has 0 aliphatic rings. The minimum atomic E-state index is -0.178. The fourth-order valence-electron chi connectivity index (χ4n) is 1.02. The Morgan fingerprint density at radius 1 is 1.71 bits per heavy atom. The second kappa shape index (κ2) is 4.72. The first kappa shape index (κ1) is 10.7. The lowest BCUT2D eigenvalue weighted by Gasteiger charge is -2.22. The summed E-state index contributed by atoms with van der Waals surface area (Å²) in [6.07, 6.45) is 3.13. The third kappa shape index (κ3) is 2.29. The highest BCUT2D eigenvalue weighted by molar-refractivity contribution is 5.93. The van der Waals surface area contributed by atoms with Crippen LogP contribution in [0.4, 0.5) is 0 Å². The van der Waals surface area contributed by atoms with E-state index in [4.69, 9.17) is 5.11 Å². The predicted octanol–water partition coefficient (Wildman–Crippen LogP) is 0.534. The van der Waals surface area contributed by atoms with Gasteiger partial charge in [0.25, 0.3) is 5.91 Å². The number of hydrogen-bond donors (Lipinski definition) is 1. The molecule has 0 aliphatic heterocycles. The van der Waals surface area contributed by atoms with E-state index < -0.39 is 0 Å². The van der Waals surface area contributed by atoms with E-state index >= 15 is 0 Å². The van der Waals surface area contributed by atoms with Gasteiger partial charge in [0.2, 0.25) is 0 Å². The number of hydrogen-bond acceptors (Lipinski definition) is 3. The second-order valence-electron chi connectivity index (χ2n) is 3.19. The van der Waals surface area contributed by atoms with Crippen LogP contribution < -0.4 is 0 Å². The van der Waals surface area contributed by atoms with Crippen LogP contribution in [-0.2, 0) is 0 Å². The summed E-state index contributed by atoms with van der Waals surface area (Å²) in [5, 5.41) is 8.89. The number of likely N-dealkylation sites (N-methyl/N-ethyl adjacent to an activating group) is 1. The maximum atomic E-state index is 11.7. The number of carbonyl (C=O) groups is 1. The molecular formula is C10H14N2O2. The van der Waals surface area contributed by atoms with Gasteiger partial charge >= 0.3 is 0 Å². The summed E-state index contributed by atoms with van der Waals surface area (Å²) in [7, 11) is 1.66. The summed E-state index contributed by atoms with van der Waals surface area (Å²) >= 11 is 0. The van der Waals surface area contributed by atoms with Crippen molar-refractivity contribution in [1.82, 2.24) is 9.88 Å². The number of carbonyl (C=O) groups excluding carboxylic acids is 1. The third-order valence-electron chi connectivity index (χ3n) is 2.15. The van der Waals surface area contributed by atoms with Crippen LogP contribution in [0, 0.1) is 0 Å². The van der Waals surface area contributed by atoms with Crippen molar-refractivity contribution in [2.45, 2.75) is 13.0 Å². The Kier molecular flexibility index (Phi) is 3.59. The molecule has 1 unspecified atom stereocenters. The summed E-state index contributed by atoms with van der Waals surface area (Å²) in [6.45, 7) is 1.75. The van der Waals surface area contributed by atoms with Crippen molar-refractivity contribution in [3.63, 3.8) is 0 Å². The first-order chi connectivity index (χ1) is 6.66. The average Bonchev–Trinajstić information content (AvgIpc) is 2.27. The standard InChI is InChI=1S/C10H14N2O2/c1-8(7-13)12(2)10(14)9-4-3-5-11-6-9/h3-6,8,13H,7H2,1-2H3.